The number of fused-ring (bicyclic) bond motifs is 1. The Morgan fingerprint density at radius 3 is 2.14 bits per heavy atom. The number of nitriles is 1. The van der Waals surface area contributed by atoms with E-state index in [1.807, 2.05) is 30.5 Å². The summed E-state index contributed by atoms with van der Waals surface area (Å²) in [4.78, 5) is 7.38. The zero-order valence-corrected chi connectivity index (χ0v) is 21.7. The minimum Gasteiger partial charge on any atom is -0.495 e. The molecular formula is C31H30ClN3O. The number of hydrogen-bond acceptors (Lipinski definition) is 4. The predicted octanol–water partition coefficient (Wildman–Crippen LogP) is 7.97. The van der Waals surface area contributed by atoms with Gasteiger partial charge in [0.2, 0.25) is 0 Å². The van der Waals surface area contributed by atoms with Crippen LogP contribution in [-0.4, -0.2) is 25.2 Å². The van der Waals surface area contributed by atoms with Crippen molar-refractivity contribution in [1.29, 1.82) is 5.26 Å². The molecule has 2 heterocycles. The van der Waals surface area contributed by atoms with E-state index in [0.717, 1.165) is 52.0 Å². The highest BCUT2D eigenvalue weighted by Crippen LogP contribution is 2.41. The molecule has 0 spiro atoms. The van der Waals surface area contributed by atoms with Crippen LogP contribution in [0.4, 0.5) is 5.69 Å². The summed E-state index contributed by atoms with van der Waals surface area (Å²) in [6.45, 7) is 6.90. The average molecular weight is 496 g/mol. The zero-order chi connectivity index (χ0) is 25.2. The Bertz CT molecular complexity index is 1410. The number of rotatable bonds is 4. The summed E-state index contributed by atoms with van der Waals surface area (Å²) in [5, 5.41) is 10.6. The van der Waals surface area contributed by atoms with Crippen LogP contribution in [0.25, 0.3) is 33.2 Å². The lowest BCUT2D eigenvalue weighted by molar-refractivity contribution is 0.421. The van der Waals surface area contributed by atoms with E-state index in [-0.39, 0.29) is 0 Å². The van der Waals surface area contributed by atoms with Crippen molar-refractivity contribution in [1.82, 2.24) is 4.98 Å². The number of nitrogens with zero attached hydrogens (tertiary/aromatic N) is 3. The third-order valence-electron chi connectivity index (χ3n) is 7.18. The van der Waals surface area contributed by atoms with E-state index in [0.29, 0.717) is 22.4 Å². The second kappa shape index (κ2) is 10.2. The van der Waals surface area contributed by atoms with Crippen LogP contribution in [-0.2, 0) is 0 Å². The molecule has 1 saturated heterocycles. The highest BCUT2D eigenvalue weighted by atomic mass is 35.5. The number of methoxy groups -OCH3 is 1. The number of ether oxygens (including phenoxy) is 1. The summed E-state index contributed by atoms with van der Waals surface area (Å²) in [6.07, 6.45) is 4.47. The minimum absolute atomic E-state index is 0.610. The lowest BCUT2D eigenvalue weighted by atomic mass is 9.97. The largest absolute Gasteiger partial charge is 0.495 e. The molecule has 0 amide bonds. The van der Waals surface area contributed by atoms with Gasteiger partial charge >= 0.3 is 0 Å². The van der Waals surface area contributed by atoms with Crippen LogP contribution < -0.4 is 9.64 Å². The van der Waals surface area contributed by atoms with Gasteiger partial charge in [-0.1, -0.05) is 49.7 Å². The van der Waals surface area contributed by atoms with Crippen LogP contribution in [0.15, 0.2) is 66.9 Å². The highest BCUT2D eigenvalue weighted by Gasteiger charge is 2.20. The molecule has 1 fully saturated rings. The number of hydrogen-bond donors (Lipinski definition) is 0. The molecule has 5 rings (SSSR count). The highest BCUT2D eigenvalue weighted by molar-refractivity contribution is 6.32. The van der Waals surface area contributed by atoms with Crippen molar-refractivity contribution in [2.75, 3.05) is 25.1 Å². The summed E-state index contributed by atoms with van der Waals surface area (Å²) >= 11 is 6.56. The molecule has 36 heavy (non-hydrogen) atoms. The summed E-state index contributed by atoms with van der Waals surface area (Å²) < 4.78 is 5.93. The Morgan fingerprint density at radius 2 is 1.53 bits per heavy atom. The smallest absolute Gasteiger partial charge is 0.137 e. The zero-order valence-electron chi connectivity index (χ0n) is 21.0. The molecule has 5 heteroatoms. The van der Waals surface area contributed by atoms with E-state index < -0.39 is 0 Å². The third kappa shape index (κ3) is 4.76. The summed E-state index contributed by atoms with van der Waals surface area (Å²) in [5.74, 6) is 2.16. The van der Waals surface area contributed by atoms with Crippen molar-refractivity contribution in [3.05, 3.63) is 77.4 Å². The standard InChI is InChI=1S/C31H30ClN3O/c1-20-4-5-21(2)19-35(18-20)26-12-10-24(11-13-26)29-17-34-30-27(23-8-6-22(16-33)7-9-23)14-25(32)15-28(30)31(29)36-3/h6-15,17,20-21H,4-5,18-19H2,1-3H3. The van der Waals surface area contributed by atoms with Gasteiger partial charge in [0.1, 0.15) is 5.75 Å². The Balaban J connectivity index is 1.55. The molecule has 3 aromatic carbocycles. The van der Waals surface area contributed by atoms with Crippen LogP contribution in [0.5, 0.6) is 5.75 Å². The number of halogens is 1. The maximum absolute atomic E-state index is 9.15. The van der Waals surface area contributed by atoms with Gasteiger partial charge in [0.25, 0.3) is 0 Å². The van der Waals surface area contributed by atoms with E-state index in [1.54, 1.807) is 19.2 Å². The summed E-state index contributed by atoms with van der Waals surface area (Å²) in [7, 11) is 1.69. The van der Waals surface area contributed by atoms with E-state index >= 15 is 0 Å². The van der Waals surface area contributed by atoms with Crippen molar-refractivity contribution in [2.45, 2.75) is 26.7 Å². The van der Waals surface area contributed by atoms with Gasteiger partial charge in [-0.05, 0) is 72.2 Å². The van der Waals surface area contributed by atoms with E-state index in [1.165, 1.54) is 18.5 Å². The molecule has 0 N–H and O–H groups in total. The van der Waals surface area contributed by atoms with Crippen molar-refractivity contribution in [2.24, 2.45) is 11.8 Å². The van der Waals surface area contributed by atoms with Gasteiger partial charge in [-0.25, -0.2) is 0 Å². The van der Waals surface area contributed by atoms with E-state index in [9.17, 15) is 0 Å². The van der Waals surface area contributed by atoms with Gasteiger partial charge < -0.3 is 9.64 Å². The second-order valence-corrected chi connectivity index (χ2v) is 10.4. The van der Waals surface area contributed by atoms with Crippen molar-refractivity contribution < 1.29 is 4.74 Å². The Hall–Kier alpha value is -3.55. The molecule has 0 aliphatic carbocycles. The van der Waals surface area contributed by atoms with Gasteiger partial charge in [-0.2, -0.15) is 5.26 Å². The first-order valence-electron chi connectivity index (χ1n) is 12.5. The topological polar surface area (TPSA) is 49.1 Å². The molecule has 0 saturated carbocycles. The SMILES string of the molecule is COc1c(-c2ccc(N3CC(C)CCC(C)C3)cc2)cnc2c(-c3ccc(C#N)cc3)cc(Cl)cc12. The molecule has 2 unspecified atom stereocenters. The third-order valence-corrected chi connectivity index (χ3v) is 7.39. The fourth-order valence-electron chi connectivity index (χ4n) is 5.26. The molecule has 0 bridgehead atoms. The molecule has 4 aromatic rings. The Kier molecular flexibility index (Phi) is 6.85. The second-order valence-electron chi connectivity index (χ2n) is 9.98. The fourth-order valence-corrected chi connectivity index (χ4v) is 5.47. The van der Waals surface area contributed by atoms with Gasteiger partial charge in [0.15, 0.2) is 0 Å². The maximum Gasteiger partial charge on any atom is 0.137 e. The van der Waals surface area contributed by atoms with Gasteiger partial charge in [-0.3, -0.25) is 4.98 Å². The summed E-state index contributed by atoms with van der Waals surface area (Å²) in [6, 6.07) is 22.2. The molecule has 1 aliphatic heterocycles. The lowest BCUT2D eigenvalue weighted by Crippen LogP contribution is -2.29. The van der Waals surface area contributed by atoms with Crippen molar-refractivity contribution in [3.8, 4) is 34.1 Å². The molecule has 2 atom stereocenters. The number of benzene rings is 3. The first-order chi connectivity index (χ1) is 17.5. The van der Waals surface area contributed by atoms with Gasteiger partial charge in [-0.15, -0.1) is 0 Å². The number of anilines is 1. The Morgan fingerprint density at radius 1 is 0.917 bits per heavy atom. The molecule has 4 nitrogen and oxygen atoms in total. The number of pyridine rings is 1. The minimum atomic E-state index is 0.610. The maximum atomic E-state index is 9.15. The first kappa shape index (κ1) is 24.2. The van der Waals surface area contributed by atoms with Crippen molar-refractivity contribution >= 4 is 28.2 Å². The van der Waals surface area contributed by atoms with Gasteiger partial charge in [0, 0.05) is 46.5 Å². The predicted molar refractivity (Wildman–Crippen MR) is 149 cm³/mol. The Labute approximate surface area is 218 Å². The van der Waals surface area contributed by atoms with Gasteiger partial charge in [0.05, 0.1) is 24.3 Å². The van der Waals surface area contributed by atoms with Crippen LogP contribution >= 0.6 is 11.6 Å². The van der Waals surface area contributed by atoms with Crippen LogP contribution in [0.1, 0.15) is 32.3 Å². The molecule has 0 radical (unpaired) electrons. The lowest BCUT2D eigenvalue weighted by Gasteiger charge is -2.27. The summed E-state index contributed by atoms with van der Waals surface area (Å²) in [5.41, 5.74) is 6.54. The monoisotopic (exact) mass is 495 g/mol. The van der Waals surface area contributed by atoms with E-state index in [2.05, 4.69) is 49.1 Å². The molecule has 1 aliphatic rings. The first-order valence-corrected chi connectivity index (χ1v) is 12.9. The van der Waals surface area contributed by atoms with Crippen LogP contribution in [0.3, 0.4) is 0 Å². The van der Waals surface area contributed by atoms with E-state index in [4.69, 9.17) is 26.6 Å². The van der Waals surface area contributed by atoms with Crippen LogP contribution in [0, 0.1) is 23.2 Å². The average Bonchev–Trinajstić information content (AvgIpc) is 3.07. The quantitative estimate of drug-likeness (QED) is 0.288. The molecule has 182 valence electrons. The fraction of sp³-hybridized carbons (Fsp3) is 0.290. The number of aromatic nitrogens is 1. The normalized spacial score (nSPS) is 18.0. The van der Waals surface area contributed by atoms with Crippen LogP contribution in [0.2, 0.25) is 5.02 Å². The molecule has 1 aromatic heterocycles. The van der Waals surface area contributed by atoms with Crippen molar-refractivity contribution in [3.63, 3.8) is 0 Å². The molecular weight excluding hydrogens is 466 g/mol.